The third-order valence-corrected chi connectivity index (χ3v) is 2.98. The minimum Gasteiger partial charge on any atom is -0.497 e. The molecular formula is C14H18N4O2. The Morgan fingerprint density at radius 1 is 1.05 bits per heavy atom. The van der Waals surface area contributed by atoms with Crippen molar-refractivity contribution < 1.29 is 9.47 Å². The largest absolute Gasteiger partial charge is 0.497 e. The second-order valence-corrected chi connectivity index (χ2v) is 4.14. The van der Waals surface area contributed by atoms with Gasteiger partial charge in [0.25, 0.3) is 0 Å². The predicted octanol–water partition coefficient (Wildman–Crippen LogP) is 2.59. The van der Waals surface area contributed by atoms with Gasteiger partial charge in [-0.3, -0.25) is 0 Å². The maximum Gasteiger partial charge on any atom is 0.142 e. The van der Waals surface area contributed by atoms with E-state index in [2.05, 4.69) is 20.6 Å². The molecule has 0 aliphatic heterocycles. The van der Waals surface area contributed by atoms with Crippen molar-refractivity contribution in [2.24, 2.45) is 0 Å². The fourth-order valence-electron chi connectivity index (χ4n) is 1.87. The number of nitrogens with one attached hydrogen (secondary N) is 2. The van der Waals surface area contributed by atoms with Gasteiger partial charge < -0.3 is 20.1 Å². The Balaban J connectivity index is 2.38. The molecule has 2 rings (SSSR count). The summed E-state index contributed by atoms with van der Waals surface area (Å²) in [6.45, 7) is 1.95. The molecule has 0 fully saturated rings. The predicted molar refractivity (Wildman–Crippen MR) is 79.1 cm³/mol. The summed E-state index contributed by atoms with van der Waals surface area (Å²) in [6, 6.07) is 5.55. The van der Waals surface area contributed by atoms with Crippen LogP contribution < -0.4 is 20.1 Å². The molecular weight excluding hydrogens is 256 g/mol. The van der Waals surface area contributed by atoms with Crippen molar-refractivity contribution in [1.82, 2.24) is 9.97 Å². The van der Waals surface area contributed by atoms with Crippen molar-refractivity contribution >= 4 is 17.3 Å². The van der Waals surface area contributed by atoms with E-state index in [1.807, 2.05) is 32.2 Å². The van der Waals surface area contributed by atoms with Crippen LogP contribution in [-0.4, -0.2) is 31.2 Å². The number of methoxy groups -OCH3 is 2. The summed E-state index contributed by atoms with van der Waals surface area (Å²) in [5.41, 5.74) is 1.72. The van der Waals surface area contributed by atoms with E-state index in [0.29, 0.717) is 0 Å². The highest BCUT2D eigenvalue weighted by Gasteiger charge is 2.10. The van der Waals surface area contributed by atoms with E-state index < -0.39 is 0 Å². The molecule has 0 unspecified atom stereocenters. The molecule has 0 atom stereocenters. The maximum absolute atomic E-state index is 5.34. The SMILES string of the molecule is CNc1ncnc(Nc2cc(OC)ccc2OC)c1C. The quantitative estimate of drug-likeness (QED) is 0.873. The van der Waals surface area contributed by atoms with Crippen LogP contribution in [0, 0.1) is 6.92 Å². The third kappa shape index (κ3) is 2.74. The van der Waals surface area contributed by atoms with E-state index >= 15 is 0 Å². The van der Waals surface area contributed by atoms with Crippen LogP contribution >= 0.6 is 0 Å². The molecule has 1 aromatic carbocycles. The Morgan fingerprint density at radius 2 is 1.80 bits per heavy atom. The van der Waals surface area contributed by atoms with E-state index in [-0.39, 0.29) is 0 Å². The van der Waals surface area contributed by atoms with E-state index in [4.69, 9.17) is 9.47 Å². The summed E-state index contributed by atoms with van der Waals surface area (Å²) < 4.78 is 10.6. The van der Waals surface area contributed by atoms with Gasteiger partial charge in [0.05, 0.1) is 19.9 Å². The summed E-state index contributed by atoms with van der Waals surface area (Å²) in [5.74, 6) is 2.96. The minimum absolute atomic E-state index is 0.717. The van der Waals surface area contributed by atoms with Crippen LogP contribution in [0.2, 0.25) is 0 Å². The lowest BCUT2D eigenvalue weighted by Gasteiger charge is -2.14. The molecule has 106 valence electrons. The molecule has 0 bridgehead atoms. The van der Waals surface area contributed by atoms with Crippen LogP contribution in [0.1, 0.15) is 5.56 Å². The number of hydrogen-bond acceptors (Lipinski definition) is 6. The van der Waals surface area contributed by atoms with E-state index in [1.54, 1.807) is 14.2 Å². The molecule has 6 heteroatoms. The normalized spacial score (nSPS) is 10.0. The molecule has 0 aliphatic rings. The first-order chi connectivity index (χ1) is 9.69. The number of hydrogen-bond donors (Lipinski definition) is 2. The maximum atomic E-state index is 5.34. The van der Waals surface area contributed by atoms with Crippen LogP contribution in [0.25, 0.3) is 0 Å². The zero-order chi connectivity index (χ0) is 14.5. The minimum atomic E-state index is 0.717. The van der Waals surface area contributed by atoms with Gasteiger partial charge in [-0.2, -0.15) is 0 Å². The lowest BCUT2D eigenvalue weighted by Crippen LogP contribution is -2.03. The van der Waals surface area contributed by atoms with Gasteiger partial charge in [-0.25, -0.2) is 9.97 Å². The lowest BCUT2D eigenvalue weighted by molar-refractivity contribution is 0.405. The fourth-order valence-corrected chi connectivity index (χ4v) is 1.87. The summed E-state index contributed by atoms with van der Waals surface area (Å²) in [5, 5.41) is 6.27. The Labute approximate surface area is 118 Å². The Bertz CT molecular complexity index is 602. The molecule has 0 aliphatic carbocycles. The van der Waals surface area contributed by atoms with Gasteiger partial charge in [-0.1, -0.05) is 0 Å². The molecule has 0 saturated carbocycles. The fraction of sp³-hybridized carbons (Fsp3) is 0.286. The average Bonchev–Trinajstić information content (AvgIpc) is 2.49. The highest BCUT2D eigenvalue weighted by molar-refractivity contribution is 5.70. The number of ether oxygens (including phenoxy) is 2. The van der Waals surface area contributed by atoms with Crippen LogP contribution in [0.4, 0.5) is 17.3 Å². The topological polar surface area (TPSA) is 68.3 Å². The van der Waals surface area contributed by atoms with Crippen LogP contribution in [-0.2, 0) is 0 Å². The van der Waals surface area contributed by atoms with Gasteiger partial charge in [-0.05, 0) is 19.1 Å². The Hall–Kier alpha value is -2.50. The van der Waals surface area contributed by atoms with Gasteiger partial charge in [0, 0.05) is 18.7 Å². The zero-order valence-corrected chi connectivity index (χ0v) is 12.0. The molecule has 6 nitrogen and oxygen atoms in total. The van der Waals surface area contributed by atoms with Gasteiger partial charge in [0.1, 0.15) is 29.5 Å². The monoisotopic (exact) mass is 274 g/mol. The number of aromatic nitrogens is 2. The summed E-state index contributed by atoms with van der Waals surface area (Å²) >= 11 is 0. The van der Waals surface area contributed by atoms with Crippen molar-refractivity contribution in [3.8, 4) is 11.5 Å². The Kier molecular flexibility index (Phi) is 4.24. The first kappa shape index (κ1) is 13.9. The second kappa shape index (κ2) is 6.10. The molecule has 0 spiro atoms. The van der Waals surface area contributed by atoms with Gasteiger partial charge in [-0.15, -0.1) is 0 Å². The highest BCUT2D eigenvalue weighted by atomic mass is 16.5. The van der Waals surface area contributed by atoms with Crippen LogP contribution in [0.15, 0.2) is 24.5 Å². The van der Waals surface area contributed by atoms with E-state index in [1.165, 1.54) is 6.33 Å². The molecule has 20 heavy (non-hydrogen) atoms. The number of anilines is 3. The third-order valence-electron chi connectivity index (χ3n) is 2.98. The second-order valence-electron chi connectivity index (χ2n) is 4.14. The van der Waals surface area contributed by atoms with E-state index in [9.17, 15) is 0 Å². The summed E-state index contributed by atoms with van der Waals surface area (Å²) in [7, 11) is 5.07. The number of nitrogens with zero attached hydrogens (tertiary/aromatic N) is 2. The first-order valence-corrected chi connectivity index (χ1v) is 6.18. The smallest absolute Gasteiger partial charge is 0.142 e. The van der Waals surface area contributed by atoms with Gasteiger partial charge in [0.15, 0.2) is 0 Å². The molecule has 1 heterocycles. The van der Waals surface area contributed by atoms with Crippen molar-refractivity contribution in [3.05, 3.63) is 30.1 Å². The van der Waals surface area contributed by atoms with Crippen molar-refractivity contribution in [2.45, 2.75) is 6.92 Å². The molecule has 0 saturated heterocycles. The first-order valence-electron chi connectivity index (χ1n) is 6.18. The van der Waals surface area contributed by atoms with Gasteiger partial charge >= 0.3 is 0 Å². The molecule has 2 N–H and O–H groups in total. The lowest BCUT2D eigenvalue weighted by atomic mass is 10.2. The zero-order valence-electron chi connectivity index (χ0n) is 12.0. The van der Waals surface area contributed by atoms with Crippen LogP contribution in [0.5, 0.6) is 11.5 Å². The summed E-state index contributed by atoms with van der Waals surface area (Å²) in [4.78, 5) is 8.41. The molecule has 0 amide bonds. The van der Waals surface area contributed by atoms with E-state index in [0.717, 1.165) is 34.4 Å². The number of rotatable bonds is 5. The molecule has 1 aromatic heterocycles. The van der Waals surface area contributed by atoms with Crippen molar-refractivity contribution in [1.29, 1.82) is 0 Å². The molecule has 2 aromatic rings. The Morgan fingerprint density at radius 3 is 2.45 bits per heavy atom. The number of benzene rings is 1. The van der Waals surface area contributed by atoms with Crippen molar-refractivity contribution in [3.63, 3.8) is 0 Å². The van der Waals surface area contributed by atoms with Crippen molar-refractivity contribution in [2.75, 3.05) is 31.9 Å². The summed E-state index contributed by atoms with van der Waals surface area (Å²) in [6.07, 6.45) is 1.51. The standard InChI is InChI=1S/C14H18N4O2/c1-9-13(15-2)16-8-17-14(9)18-11-7-10(19-3)5-6-12(11)20-4/h5-8H,1-4H3,(H2,15,16,17,18). The highest BCUT2D eigenvalue weighted by Crippen LogP contribution is 2.32. The van der Waals surface area contributed by atoms with Gasteiger partial charge in [0.2, 0.25) is 0 Å². The molecule has 0 radical (unpaired) electrons. The average molecular weight is 274 g/mol. The van der Waals surface area contributed by atoms with Crippen LogP contribution in [0.3, 0.4) is 0 Å².